The van der Waals surface area contributed by atoms with Gasteiger partial charge in [0.05, 0.1) is 18.4 Å². The fraction of sp³-hybridized carbons (Fsp3) is 0.263. The lowest BCUT2D eigenvalue weighted by Gasteiger charge is -2.14. The van der Waals surface area contributed by atoms with Crippen molar-refractivity contribution in [3.8, 4) is 5.75 Å². The van der Waals surface area contributed by atoms with Gasteiger partial charge in [0.25, 0.3) is 11.8 Å². The molecule has 2 aromatic carbocycles. The first-order valence-electron chi connectivity index (χ1n) is 8.35. The number of rotatable bonds is 5. The molecule has 1 fully saturated rings. The molecule has 8 heteroatoms. The second kappa shape index (κ2) is 8.37. The van der Waals surface area contributed by atoms with E-state index in [4.69, 9.17) is 21.1 Å². The largest absolute Gasteiger partial charge is 0.495 e. The van der Waals surface area contributed by atoms with E-state index >= 15 is 0 Å². The molecule has 1 aliphatic rings. The zero-order chi connectivity index (χ0) is 19.4. The molecule has 0 unspecified atom stereocenters. The molecule has 1 atom stereocenters. The monoisotopic (exact) mass is 392 g/mol. The molecule has 0 radical (unpaired) electrons. The summed E-state index contributed by atoms with van der Waals surface area (Å²) in [6.07, 6.45) is 1.03. The molecule has 6 nitrogen and oxygen atoms in total. The van der Waals surface area contributed by atoms with Gasteiger partial charge in [-0.05, 0) is 49.2 Å². The summed E-state index contributed by atoms with van der Waals surface area (Å²) in [6.45, 7) is 0.564. The zero-order valence-electron chi connectivity index (χ0n) is 14.6. The van der Waals surface area contributed by atoms with Gasteiger partial charge in [0.1, 0.15) is 17.7 Å². The molecule has 1 aliphatic heterocycles. The fourth-order valence-electron chi connectivity index (χ4n) is 2.75. The van der Waals surface area contributed by atoms with Crippen LogP contribution in [0.25, 0.3) is 0 Å². The number of nitrogens with one attached hydrogen (secondary N) is 2. The van der Waals surface area contributed by atoms with Crippen LogP contribution in [0.3, 0.4) is 0 Å². The number of ether oxygens (including phenoxy) is 2. The smallest absolute Gasteiger partial charge is 0.258 e. The third-order valence-electron chi connectivity index (χ3n) is 4.11. The Bertz CT molecular complexity index is 869. The van der Waals surface area contributed by atoms with Crippen LogP contribution in [0.5, 0.6) is 5.75 Å². The maximum Gasteiger partial charge on any atom is 0.258 e. The van der Waals surface area contributed by atoms with Crippen LogP contribution in [0.1, 0.15) is 23.2 Å². The first kappa shape index (κ1) is 19.1. The molecule has 1 heterocycles. The van der Waals surface area contributed by atoms with Crippen molar-refractivity contribution in [3.05, 3.63) is 52.8 Å². The molecule has 2 aromatic rings. The van der Waals surface area contributed by atoms with Crippen LogP contribution in [-0.4, -0.2) is 31.6 Å². The van der Waals surface area contributed by atoms with E-state index in [1.807, 2.05) is 0 Å². The first-order chi connectivity index (χ1) is 13.0. The van der Waals surface area contributed by atoms with Crippen LogP contribution in [0, 0.1) is 5.82 Å². The molecule has 142 valence electrons. The lowest BCUT2D eigenvalue weighted by atomic mass is 10.1. The normalized spacial score (nSPS) is 16.0. The van der Waals surface area contributed by atoms with E-state index < -0.39 is 17.8 Å². The van der Waals surface area contributed by atoms with E-state index in [2.05, 4.69) is 10.6 Å². The number of carbonyl (C=O) groups is 2. The van der Waals surface area contributed by atoms with Crippen molar-refractivity contribution in [2.24, 2.45) is 0 Å². The number of halogens is 2. The standard InChI is InChI=1S/C19H18ClFN2O4/c1-26-16-7-5-12(22-19(25)17-3-2-8-27-17)10-15(16)23-18(24)13-6-4-11(20)9-14(13)21/h4-7,9-10,17H,2-3,8H2,1H3,(H,22,25)(H,23,24)/t17-/m0/s1. The minimum atomic E-state index is -0.734. The minimum Gasteiger partial charge on any atom is -0.495 e. The Morgan fingerprint density at radius 1 is 1.22 bits per heavy atom. The van der Waals surface area contributed by atoms with E-state index in [0.717, 1.165) is 12.5 Å². The summed E-state index contributed by atoms with van der Waals surface area (Å²) in [5.41, 5.74) is 0.598. The highest BCUT2D eigenvalue weighted by atomic mass is 35.5. The van der Waals surface area contributed by atoms with E-state index in [9.17, 15) is 14.0 Å². The molecule has 0 bridgehead atoms. The second-order valence-electron chi connectivity index (χ2n) is 5.98. The SMILES string of the molecule is COc1ccc(NC(=O)[C@@H]2CCCO2)cc1NC(=O)c1ccc(Cl)cc1F. The number of anilines is 2. The minimum absolute atomic E-state index is 0.157. The maximum atomic E-state index is 14.0. The average molecular weight is 393 g/mol. The quantitative estimate of drug-likeness (QED) is 0.810. The van der Waals surface area contributed by atoms with Crippen LogP contribution in [0.2, 0.25) is 5.02 Å². The predicted octanol–water partition coefficient (Wildman–Crippen LogP) is 3.86. The van der Waals surface area contributed by atoms with Crippen molar-refractivity contribution >= 4 is 34.8 Å². The highest BCUT2D eigenvalue weighted by molar-refractivity contribution is 6.30. The van der Waals surface area contributed by atoms with Gasteiger partial charge in [-0.25, -0.2) is 4.39 Å². The van der Waals surface area contributed by atoms with Gasteiger partial charge < -0.3 is 20.1 Å². The van der Waals surface area contributed by atoms with Crippen molar-refractivity contribution in [1.29, 1.82) is 0 Å². The summed E-state index contributed by atoms with van der Waals surface area (Å²) in [4.78, 5) is 24.6. The van der Waals surface area contributed by atoms with Crippen molar-refractivity contribution < 1.29 is 23.5 Å². The van der Waals surface area contributed by atoms with Gasteiger partial charge in [0.2, 0.25) is 0 Å². The Kier molecular flexibility index (Phi) is 5.93. The van der Waals surface area contributed by atoms with Gasteiger partial charge in [0, 0.05) is 17.3 Å². The van der Waals surface area contributed by atoms with E-state index in [1.165, 1.54) is 25.3 Å². The summed E-state index contributed by atoms with van der Waals surface area (Å²) in [7, 11) is 1.44. The van der Waals surface area contributed by atoms with E-state index in [1.54, 1.807) is 12.1 Å². The molecule has 3 rings (SSSR count). The van der Waals surface area contributed by atoms with Gasteiger partial charge in [-0.3, -0.25) is 9.59 Å². The summed E-state index contributed by atoms with van der Waals surface area (Å²) < 4.78 is 24.5. The molecule has 1 saturated heterocycles. The van der Waals surface area contributed by atoms with Gasteiger partial charge in [0.15, 0.2) is 0 Å². The summed E-state index contributed by atoms with van der Waals surface area (Å²) >= 11 is 5.71. The molecule has 2 amide bonds. The Labute approximate surface area is 160 Å². The third-order valence-corrected chi connectivity index (χ3v) is 4.35. The highest BCUT2D eigenvalue weighted by Gasteiger charge is 2.24. The molecule has 0 saturated carbocycles. The molecule has 0 spiro atoms. The summed E-state index contributed by atoms with van der Waals surface area (Å²) in [5.74, 6) is -1.28. The maximum absolute atomic E-state index is 14.0. The van der Waals surface area contributed by atoms with Crippen LogP contribution >= 0.6 is 11.6 Å². The molecule has 0 aliphatic carbocycles. The van der Waals surface area contributed by atoms with Crippen molar-refractivity contribution in [2.75, 3.05) is 24.4 Å². The lowest BCUT2D eigenvalue weighted by molar-refractivity contribution is -0.124. The van der Waals surface area contributed by atoms with Gasteiger partial charge in [-0.1, -0.05) is 11.6 Å². The Hall–Kier alpha value is -2.64. The third kappa shape index (κ3) is 4.56. The lowest BCUT2D eigenvalue weighted by Crippen LogP contribution is -2.26. The van der Waals surface area contributed by atoms with E-state index in [-0.39, 0.29) is 16.5 Å². The van der Waals surface area contributed by atoms with E-state index in [0.29, 0.717) is 30.2 Å². The zero-order valence-corrected chi connectivity index (χ0v) is 15.3. The number of carbonyl (C=O) groups excluding carboxylic acids is 2. The van der Waals surface area contributed by atoms with Crippen molar-refractivity contribution in [1.82, 2.24) is 0 Å². The van der Waals surface area contributed by atoms with Crippen LogP contribution < -0.4 is 15.4 Å². The molecule has 2 N–H and O–H groups in total. The second-order valence-corrected chi connectivity index (χ2v) is 6.42. The van der Waals surface area contributed by atoms with Gasteiger partial charge in [-0.2, -0.15) is 0 Å². The van der Waals surface area contributed by atoms with Crippen LogP contribution in [0.4, 0.5) is 15.8 Å². The van der Waals surface area contributed by atoms with Crippen molar-refractivity contribution in [2.45, 2.75) is 18.9 Å². The average Bonchev–Trinajstić information content (AvgIpc) is 3.16. The van der Waals surface area contributed by atoms with Crippen LogP contribution in [0.15, 0.2) is 36.4 Å². The summed E-state index contributed by atoms with van der Waals surface area (Å²) in [6, 6.07) is 8.56. The topological polar surface area (TPSA) is 76.7 Å². The Morgan fingerprint density at radius 3 is 2.70 bits per heavy atom. The molecular weight excluding hydrogens is 375 g/mol. The fourth-order valence-corrected chi connectivity index (χ4v) is 2.91. The highest BCUT2D eigenvalue weighted by Crippen LogP contribution is 2.29. The first-order valence-corrected chi connectivity index (χ1v) is 8.72. The number of hydrogen-bond donors (Lipinski definition) is 2. The van der Waals surface area contributed by atoms with Gasteiger partial charge >= 0.3 is 0 Å². The van der Waals surface area contributed by atoms with Crippen molar-refractivity contribution in [3.63, 3.8) is 0 Å². The van der Waals surface area contributed by atoms with Gasteiger partial charge in [-0.15, -0.1) is 0 Å². The Morgan fingerprint density at radius 2 is 2.04 bits per heavy atom. The molecular formula is C19H18ClFN2O4. The number of methoxy groups -OCH3 is 1. The number of amides is 2. The molecule has 0 aromatic heterocycles. The van der Waals surface area contributed by atoms with Crippen LogP contribution in [-0.2, 0) is 9.53 Å². The predicted molar refractivity (Wildman–Crippen MR) is 100.0 cm³/mol. The number of benzene rings is 2. The summed E-state index contributed by atoms with van der Waals surface area (Å²) in [5, 5.41) is 5.53. The number of hydrogen-bond acceptors (Lipinski definition) is 4. The molecule has 27 heavy (non-hydrogen) atoms. The Balaban J connectivity index is 1.78.